The highest BCUT2D eigenvalue weighted by molar-refractivity contribution is 5.87. The van der Waals surface area contributed by atoms with Gasteiger partial charge in [-0.3, -0.25) is 18.5 Å². The standard InChI is InChI=1S/C27H27N7O4/c1-31-23-22(24(35)34(27(31)38)14-17-8-10-18(11-9-17)25(36)37)33(15-20-6-3-2-5-19(20)13-28)26(30-23)32-12-4-7-21(29)16-32/h2-3,5-6,8-11,21H,4,7,12,14-16,29H2,1H3,(H,36,37)/t21-/m1/s1. The molecule has 1 aliphatic heterocycles. The molecule has 0 bridgehead atoms. The molecule has 5 rings (SSSR count). The van der Waals surface area contributed by atoms with Gasteiger partial charge in [0.05, 0.1) is 30.3 Å². The zero-order valence-corrected chi connectivity index (χ0v) is 20.9. The van der Waals surface area contributed by atoms with Gasteiger partial charge in [0.25, 0.3) is 5.56 Å². The smallest absolute Gasteiger partial charge is 0.335 e. The van der Waals surface area contributed by atoms with Crippen LogP contribution in [0.5, 0.6) is 0 Å². The van der Waals surface area contributed by atoms with Gasteiger partial charge in [-0.05, 0) is 42.2 Å². The predicted molar refractivity (Wildman–Crippen MR) is 141 cm³/mol. The molecule has 11 nitrogen and oxygen atoms in total. The quantitative estimate of drug-likeness (QED) is 0.393. The van der Waals surface area contributed by atoms with Gasteiger partial charge in [0.2, 0.25) is 5.95 Å². The van der Waals surface area contributed by atoms with E-state index in [4.69, 9.17) is 10.7 Å². The maximum atomic E-state index is 13.9. The van der Waals surface area contributed by atoms with Crippen LogP contribution in [0, 0.1) is 11.3 Å². The molecule has 3 heterocycles. The fourth-order valence-corrected chi connectivity index (χ4v) is 4.96. The minimum absolute atomic E-state index is 0.0365. The number of aryl methyl sites for hydroxylation is 1. The lowest BCUT2D eigenvalue weighted by molar-refractivity contribution is 0.0697. The number of rotatable bonds is 6. The highest BCUT2D eigenvalue weighted by Crippen LogP contribution is 2.25. The van der Waals surface area contributed by atoms with Crippen LogP contribution in [0.3, 0.4) is 0 Å². The Morgan fingerprint density at radius 1 is 1.13 bits per heavy atom. The molecule has 194 valence electrons. The predicted octanol–water partition coefficient (Wildman–Crippen LogP) is 1.49. The average Bonchev–Trinajstić information content (AvgIpc) is 3.30. The number of aromatic nitrogens is 4. The number of nitrogens with zero attached hydrogens (tertiary/aromatic N) is 6. The summed E-state index contributed by atoms with van der Waals surface area (Å²) < 4.78 is 4.25. The van der Waals surface area contributed by atoms with Gasteiger partial charge < -0.3 is 15.7 Å². The molecule has 11 heteroatoms. The summed E-state index contributed by atoms with van der Waals surface area (Å²) in [7, 11) is 1.57. The summed E-state index contributed by atoms with van der Waals surface area (Å²) in [6.07, 6.45) is 1.76. The molecule has 1 saturated heterocycles. The van der Waals surface area contributed by atoms with Crippen LogP contribution in [0.25, 0.3) is 11.2 Å². The molecule has 1 atom stereocenters. The number of fused-ring (bicyclic) bond motifs is 1. The van der Waals surface area contributed by atoms with Crippen molar-refractivity contribution in [2.24, 2.45) is 12.8 Å². The monoisotopic (exact) mass is 513 g/mol. The first kappa shape index (κ1) is 25.0. The van der Waals surface area contributed by atoms with Crippen LogP contribution in [0.4, 0.5) is 5.95 Å². The molecule has 1 fully saturated rings. The third kappa shape index (κ3) is 4.46. The summed E-state index contributed by atoms with van der Waals surface area (Å²) >= 11 is 0. The van der Waals surface area contributed by atoms with E-state index in [0.717, 1.165) is 23.0 Å². The zero-order valence-electron chi connectivity index (χ0n) is 20.9. The minimum Gasteiger partial charge on any atom is -0.478 e. The van der Waals surface area contributed by atoms with Crippen LogP contribution in [0.1, 0.15) is 39.9 Å². The number of nitrogens with two attached hydrogens (primary N) is 1. The van der Waals surface area contributed by atoms with Crippen molar-refractivity contribution >= 4 is 23.1 Å². The van der Waals surface area contributed by atoms with E-state index in [-0.39, 0.29) is 35.9 Å². The van der Waals surface area contributed by atoms with Crippen LogP contribution in [-0.4, -0.2) is 48.9 Å². The number of carboxylic acids is 1. The number of imidazole rings is 1. The van der Waals surface area contributed by atoms with Crippen molar-refractivity contribution in [3.05, 3.63) is 91.6 Å². The Balaban J connectivity index is 1.70. The first-order chi connectivity index (χ1) is 18.3. The fourth-order valence-electron chi connectivity index (χ4n) is 4.96. The van der Waals surface area contributed by atoms with Gasteiger partial charge in [-0.2, -0.15) is 10.2 Å². The largest absolute Gasteiger partial charge is 0.478 e. The first-order valence-electron chi connectivity index (χ1n) is 12.3. The molecule has 0 aliphatic carbocycles. The lowest BCUT2D eigenvalue weighted by Gasteiger charge is -2.32. The van der Waals surface area contributed by atoms with Gasteiger partial charge in [0, 0.05) is 26.2 Å². The van der Waals surface area contributed by atoms with Gasteiger partial charge in [0.1, 0.15) is 0 Å². The maximum absolute atomic E-state index is 13.9. The summed E-state index contributed by atoms with van der Waals surface area (Å²) in [5, 5.41) is 18.8. The molecule has 0 unspecified atom stereocenters. The third-order valence-corrected chi connectivity index (χ3v) is 6.96. The maximum Gasteiger partial charge on any atom is 0.335 e. The summed E-state index contributed by atoms with van der Waals surface area (Å²) in [5.74, 6) is -0.531. The van der Waals surface area contributed by atoms with Crippen LogP contribution in [0.2, 0.25) is 0 Å². The van der Waals surface area contributed by atoms with Crippen molar-refractivity contribution in [1.82, 2.24) is 18.7 Å². The number of carbonyl (C=O) groups is 1. The topological polar surface area (TPSA) is 152 Å². The van der Waals surface area contributed by atoms with Gasteiger partial charge in [-0.1, -0.05) is 30.3 Å². The van der Waals surface area contributed by atoms with Crippen molar-refractivity contribution < 1.29 is 9.90 Å². The molecule has 4 aromatic rings. The molecule has 2 aromatic carbocycles. The highest BCUT2D eigenvalue weighted by atomic mass is 16.4. The normalized spacial score (nSPS) is 15.5. The number of carboxylic acid groups (broad SMARTS) is 1. The molecule has 38 heavy (non-hydrogen) atoms. The molecule has 0 saturated carbocycles. The van der Waals surface area contributed by atoms with Crippen LogP contribution in [0.15, 0.2) is 58.1 Å². The molecule has 2 aromatic heterocycles. The number of nitriles is 1. The number of anilines is 1. The zero-order chi connectivity index (χ0) is 27.0. The Morgan fingerprint density at radius 3 is 2.55 bits per heavy atom. The Bertz CT molecular complexity index is 1690. The number of aromatic carboxylic acids is 1. The molecule has 0 amide bonds. The molecule has 3 N–H and O–H groups in total. The number of hydrogen-bond donors (Lipinski definition) is 2. The van der Waals surface area contributed by atoms with Gasteiger partial charge in [-0.25, -0.2) is 9.59 Å². The van der Waals surface area contributed by atoms with Gasteiger partial charge in [-0.15, -0.1) is 0 Å². The van der Waals surface area contributed by atoms with E-state index >= 15 is 0 Å². The first-order valence-corrected chi connectivity index (χ1v) is 12.3. The van der Waals surface area contributed by atoms with Crippen molar-refractivity contribution in [2.45, 2.75) is 32.0 Å². The number of piperidine rings is 1. The van der Waals surface area contributed by atoms with E-state index in [0.29, 0.717) is 30.2 Å². The fraction of sp³-hybridized carbons (Fsp3) is 0.296. The van der Waals surface area contributed by atoms with Crippen molar-refractivity contribution in [3.63, 3.8) is 0 Å². The van der Waals surface area contributed by atoms with Gasteiger partial charge in [0.15, 0.2) is 11.2 Å². The van der Waals surface area contributed by atoms with Crippen molar-refractivity contribution in [1.29, 1.82) is 5.26 Å². The van der Waals surface area contributed by atoms with Crippen molar-refractivity contribution in [2.75, 3.05) is 18.0 Å². The number of hydrogen-bond acceptors (Lipinski definition) is 7. The second-order valence-corrected chi connectivity index (χ2v) is 9.52. The SMILES string of the molecule is Cn1c(=O)n(Cc2ccc(C(=O)O)cc2)c(=O)c2c1nc(N1CCC[C@@H](N)C1)n2Cc1ccccc1C#N. The van der Waals surface area contributed by atoms with Crippen LogP contribution >= 0.6 is 0 Å². The summed E-state index contributed by atoms with van der Waals surface area (Å²) in [6.45, 7) is 1.43. The third-order valence-electron chi connectivity index (χ3n) is 6.96. The van der Waals surface area contributed by atoms with E-state index in [9.17, 15) is 24.8 Å². The number of benzene rings is 2. The van der Waals surface area contributed by atoms with E-state index in [1.54, 1.807) is 35.9 Å². The summed E-state index contributed by atoms with van der Waals surface area (Å²) in [4.78, 5) is 45.2. The van der Waals surface area contributed by atoms with Crippen LogP contribution < -0.4 is 21.9 Å². The van der Waals surface area contributed by atoms with E-state index in [2.05, 4.69) is 6.07 Å². The second kappa shape index (κ2) is 9.99. The van der Waals surface area contributed by atoms with Crippen molar-refractivity contribution in [3.8, 4) is 6.07 Å². The molecular formula is C27H27N7O4. The minimum atomic E-state index is -1.06. The molecule has 0 spiro atoms. The van der Waals surface area contributed by atoms with E-state index < -0.39 is 17.2 Å². The van der Waals surface area contributed by atoms with Gasteiger partial charge >= 0.3 is 11.7 Å². The highest BCUT2D eigenvalue weighted by Gasteiger charge is 2.27. The second-order valence-electron chi connectivity index (χ2n) is 9.52. The van der Waals surface area contributed by atoms with E-state index in [1.165, 1.54) is 16.7 Å². The van der Waals surface area contributed by atoms with Crippen LogP contribution in [-0.2, 0) is 20.1 Å². The van der Waals surface area contributed by atoms with E-state index in [1.807, 2.05) is 17.0 Å². The molecule has 1 aliphatic rings. The summed E-state index contributed by atoms with van der Waals surface area (Å²) in [5.41, 5.74) is 7.63. The summed E-state index contributed by atoms with van der Waals surface area (Å²) in [6, 6.07) is 15.4. The Labute approximate surface area is 217 Å². The Hall–Kier alpha value is -4.69. The Kier molecular flexibility index (Phi) is 6.57. The average molecular weight is 514 g/mol. The lowest BCUT2D eigenvalue weighted by Crippen LogP contribution is -2.44. The molecule has 0 radical (unpaired) electrons. The Morgan fingerprint density at radius 2 is 1.87 bits per heavy atom. The molecular weight excluding hydrogens is 486 g/mol. The lowest BCUT2D eigenvalue weighted by atomic mass is 10.1.